The largest absolute Gasteiger partial charge is 2.00 e. The molecule has 0 radical (unpaired) electrons. The molecule has 0 rings (SSSR count). The third-order valence-corrected chi connectivity index (χ3v) is 1.03. The van der Waals surface area contributed by atoms with Crippen molar-refractivity contribution < 1.29 is 42.1 Å². The molecule has 0 aromatic rings. The fourth-order valence-corrected chi connectivity index (χ4v) is 0.552. The van der Waals surface area contributed by atoms with Crippen molar-refractivity contribution in [2.45, 2.75) is 25.7 Å². The molecule has 0 aliphatic carbocycles. The van der Waals surface area contributed by atoms with Gasteiger partial charge in [0.25, 0.3) is 0 Å². The minimum atomic E-state index is -0.870. The SMILES string of the molecule is O=C(O)CCCCC(=O)O.[Ca+2].[H-].[H-].[Zn]. The Balaban J connectivity index is -0.0000000675. The van der Waals surface area contributed by atoms with Crippen LogP contribution in [0, 0.1) is 0 Å². The van der Waals surface area contributed by atoms with E-state index in [1.807, 2.05) is 0 Å². The van der Waals surface area contributed by atoms with Crippen molar-refractivity contribution in [1.29, 1.82) is 0 Å². The predicted octanol–water partition coefficient (Wildman–Crippen LogP) is 0.558. The summed E-state index contributed by atoms with van der Waals surface area (Å²) in [4.78, 5) is 19.8. The van der Waals surface area contributed by atoms with E-state index in [1.54, 1.807) is 0 Å². The molecule has 0 heterocycles. The number of carbonyl (C=O) groups is 2. The molecule has 0 aliphatic rings. The van der Waals surface area contributed by atoms with Crippen LogP contribution in [-0.2, 0) is 29.1 Å². The number of unbranched alkanes of at least 4 members (excludes halogenated alkanes) is 1. The van der Waals surface area contributed by atoms with Gasteiger partial charge in [0, 0.05) is 32.3 Å². The van der Waals surface area contributed by atoms with E-state index in [9.17, 15) is 9.59 Å². The molecule has 0 atom stereocenters. The van der Waals surface area contributed by atoms with Gasteiger partial charge in [-0.3, -0.25) is 9.59 Å². The number of rotatable bonds is 5. The van der Waals surface area contributed by atoms with E-state index >= 15 is 0 Å². The van der Waals surface area contributed by atoms with E-state index in [-0.39, 0.29) is 72.9 Å². The molecule has 0 aliphatic heterocycles. The number of hydrogen-bond acceptors (Lipinski definition) is 2. The zero-order valence-electron chi connectivity index (χ0n) is 8.95. The Bertz CT molecular complexity index is 132. The molecule has 0 bridgehead atoms. The van der Waals surface area contributed by atoms with Crippen LogP contribution in [0.1, 0.15) is 28.5 Å². The zero-order valence-corrected chi connectivity index (χ0v) is 12.1. The van der Waals surface area contributed by atoms with E-state index < -0.39 is 11.9 Å². The molecule has 64 valence electrons. The number of carboxylic acids is 2. The van der Waals surface area contributed by atoms with Gasteiger partial charge in [0.15, 0.2) is 0 Å². The van der Waals surface area contributed by atoms with E-state index in [0.29, 0.717) is 12.8 Å². The van der Waals surface area contributed by atoms with Crippen molar-refractivity contribution in [3.05, 3.63) is 0 Å². The number of aliphatic carboxylic acids is 2. The monoisotopic (exact) mass is 252 g/mol. The Labute approximate surface area is 116 Å². The summed E-state index contributed by atoms with van der Waals surface area (Å²) in [5, 5.41) is 16.3. The first kappa shape index (κ1) is 18.6. The van der Waals surface area contributed by atoms with Crippen LogP contribution in [0.2, 0.25) is 0 Å². The average molecular weight is 254 g/mol. The molecule has 6 heteroatoms. The second-order valence-corrected chi connectivity index (χ2v) is 1.99. The quantitative estimate of drug-likeness (QED) is 0.555. The molecule has 0 aromatic heterocycles. The maximum absolute atomic E-state index is 9.90. The van der Waals surface area contributed by atoms with Gasteiger partial charge in [-0.15, -0.1) is 0 Å². The molecule has 0 fully saturated rings. The first-order chi connectivity index (χ1) is 4.63. The van der Waals surface area contributed by atoms with Gasteiger partial charge < -0.3 is 13.1 Å². The standard InChI is InChI=1S/C6H10O4.Ca.Zn.2H/c7-5(8)3-1-2-4-6(9)10;;;;/h1-4H2,(H,7,8)(H,9,10);;;;/q;+2;;2*-1. The fraction of sp³-hybridized carbons (Fsp3) is 0.667. The zero-order chi connectivity index (χ0) is 7.98. The van der Waals surface area contributed by atoms with Gasteiger partial charge in [-0.2, -0.15) is 0 Å². The predicted molar refractivity (Wildman–Crippen MR) is 41.7 cm³/mol. The van der Waals surface area contributed by atoms with Crippen LogP contribution in [0.15, 0.2) is 0 Å². The van der Waals surface area contributed by atoms with Crippen molar-refractivity contribution >= 4 is 49.7 Å². The summed E-state index contributed by atoms with van der Waals surface area (Å²) in [5.41, 5.74) is 0. The number of hydrogen-bond donors (Lipinski definition) is 2. The van der Waals surface area contributed by atoms with Gasteiger partial charge in [-0.1, -0.05) is 0 Å². The summed E-state index contributed by atoms with van der Waals surface area (Å²) >= 11 is 0. The van der Waals surface area contributed by atoms with Crippen LogP contribution >= 0.6 is 0 Å². The van der Waals surface area contributed by atoms with Crippen LogP contribution < -0.4 is 0 Å². The summed E-state index contributed by atoms with van der Waals surface area (Å²) < 4.78 is 0. The van der Waals surface area contributed by atoms with Crippen molar-refractivity contribution in [3.8, 4) is 0 Å². The topological polar surface area (TPSA) is 74.6 Å². The van der Waals surface area contributed by atoms with Gasteiger partial charge in [0.05, 0.1) is 0 Å². The van der Waals surface area contributed by atoms with Crippen molar-refractivity contribution in [3.63, 3.8) is 0 Å². The van der Waals surface area contributed by atoms with Crippen molar-refractivity contribution in [1.82, 2.24) is 0 Å². The average Bonchev–Trinajstić information content (AvgIpc) is 1.79. The van der Waals surface area contributed by atoms with Crippen LogP contribution in [0.25, 0.3) is 0 Å². The van der Waals surface area contributed by atoms with Gasteiger partial charge in [-0.25, -0.2) is 0 Å². The van der Waals surface area contributed by atoms with Crippen molar-refractivity contribution in [2.24, 2.45) is 0 Å². The van der Waals surface area contributed by atoms with Gasteiger partial charge in [0.1, 0.15) is 0 Å². The maximum Gasteiger partial charge on any atom is 2.00 e. The fourth-order valence-electron chi connectivity index (χ4n) is 0.552. The Kier molecular flexibility index (Phi) is 18.3. The van der Waals surface area contributed by atoms with E-state index in [2.05, 4.69) is 0 Å². The minimum Gasteiger partial charge on any atom is -1.00 e. The van der Waals surface area contributed by atoms with Crippen LogP contribution in [0.4, 0.5) is 0 Å². The maximum atomic E-state index is 9.90. The summed E-state index contributed by atoms with van der Waals surface area (Å²) in [6.07, 6.45) is 1.02. The Morgan fingerprint density at radius 1 is 1.00 bits per heavy atom. The third-order valence-electron chi connectivity index (χ3n) is 1.03. The van der Waals surface area contributed by atoms with Crippen LogP contribution in [0.5, 0.6) is 0 Å². The normalized spacial score (nSPS) is 7.67. The first-order valence-electron chi connectivity index (χ1n) is 3.06. The minimum absolute atomic E-state index is 0. The first-order valence-corrected chi connectivity index (χ1v) is 3.06. The van der Waals surface area contributed by atoms with E-state index in [0.717, 1.165) is 0 Å². The smallest absolute Gasteiger partial charge is 1.00 e. The van der Waals surface area contributed by atoms with Crippen LogP contribution in [-0.4, -0.2) is 59.9 Å². The Hall–Kier alpha value is 0.823. The summed E-state index contributed by atoms with van der Waals surface area (Å²) in [7, 11) is 0. The summed E-state index contributed by atoms with van der Waals surface area (Å²) in [6.45, 7) is 0. The summed E-state index contributed by atoms with van der Waals surface area (Å²) in [6, 6.07) is 0. The second-order valence-electron chi connectivity index (χ2n) is 1.99. The van der Waals surface area contributed by atoms with Gasteiger partial charge in [-0.05, 0) is 12.8 Å². The van der Waals surface area contributed by atoms with Gasteiger partial charge in [0.2, 0.25) is 0 Å². The second kappa shape index (κ2) is 11.8. The number of carboxylic acid groups (broad SMARTS) is 2. The molecular weight excluding hydrogens is 242 g/mol. The Morgan fingerprint density at radius 3 is 1.42 bits per heavy atom. The van der Waals surface area contributed by atoms with Gasteiger partial charge >= 0.3 is 49.7 Å². The molecule has 0 unspecified atom stereocenters. The molecule has 0 saturated carbocycles. The molecule has 4 nitrogen and oxygen atoms in total. The third kappa shape index (κ3) is 17.1. The van der Waals surface area contributed by atoms with E-state index in [4.69, 9.17) is 10.2 Å². The molecule has 0 amide bonds. The van der Waals surface area contributed by atoms with Crippen molar-refractivity contribution in [2.75, 3.05) is 0 Å². The molecule has 0 saturated heterocycles. The molecule has 0 spiro atoms. The molecule has 0 aromatic carbocycles. The van der Waals surface area contributed by atoms with E-state index in [1.165, 1.54) is 0 Å². The molecule has 2 N–H and O–H groups in total. The van der Waals surface area contributed by atoms with Crippen LogP contribution in [0.3, 0.4) is 0 Å². The summed E-state index contributed by atoms with van der Waals surface area (Å²) in [5.74, 6) is -1.74. The molecular formula is C6H12CaO4Zn. The Morgan fingerprint density at radius 2 is 1.25 bits per heavy atom. The molecule has 12 heavy (non-hydrogen) atoms.